The van der Waals surface area contributed by atoms with E-state index in [0.717, 1.165) is 30.2 Å². The van der Waals surface area contributed by atoms with E-state index in [1.165, 1.54) is 12.8 Å². The number of rotatable bonds is 7. The molecule has 0 bridgehead atoms. The zero-order valence-electron chi connectivity index (χ0n) is 12.8. The molecule has 2 aromatic rings. The fourth-order valence-corrected chi connectivity index (χ4v) is 2.31. The molecular formula is C16H20Cl2N4. The van der Waals surface area contributed by atoms with E-state index < -0.39 is 0 Å². The first-order valence-electron chi connectivity index (χ1n) is 7.40. The number of unbranched alkanes of at least 4 members (excludes halogenated alkanes) is 2. The van der Waals surface area contributed by atoms with Crippen LogP contribution in [0.5, 0.6) is 0 Å². The minimum atomic E-state index is 0.497. The van der Waals surface area contributed by atoms with Gasteiger partial charge in [0.15, 0.2) is 0 Å². The van der Waals surface area contributed by atoms with Crippen LogP contribution in [0.15, 0.2) is 24.3 Å². The molecule has 2 rings (SSSR count). The summed E-state index contributed by atoms with van der Waals surface area (Å²) in [6.45, 7) is 5.05. The minimum Gasteiger partial charge on any atom is -0.370 e. The Hall–Kier alpha value is -1.52. The van der Waals surface area contributed by atoms with Crippen LogP contribution in [-0.4, -0.2) is 16.5 Å². The maximum absolute atomic E-state index is 6.02. The zero-order valence-corrected chi connectivity index (χ0v) is 14.3. The highest BCUT2D eigenvalue weighted by atomic mass is 35.5. The third-order valence-electron chi connectivity index (χ3n) is 3.12. The van der Waals surface area contributed by atoms with Gasteiger partial charge in [-0.15, -0.1) is 0 Å². The lowest BCUT2D eigenvalue weighted by Gasteiger charge is -2.10. The first kappa shape index (κ1) is 16.8. The van der Waals surface area contributed by atoms with Gasteiger partial charge in [-0.3, -0.25) is 0 Å². The van der Waals surface area contributed by atoms with Crippen molar-refractivity contribution in [2.75, 3.05) is 17.2 Å². The molecule has 0 spiro atoms. The van der Waals surface area contributed by atoms with Gasteiger partial charge in [0.1, 0.15) is 5.82 Å². The highest BCUT2D eigenvalue weighted by Crippen LogP contribution is 2.26. The maximum Gasteiger partial charge on any atom is 0.229 e. The minimum absolute atomic E-state index is 0.497. The van der Waals surface area contributed by atoms with Gasteiger partial charge in [-0.2, -0.15) is 4.98 Å². The summed E-state index contributed by atoms with van der Waals surface area (Å²) in [5.74, 6) is 1.36. The van der Waals surface area contributed by atoms with Crippen LogP contribution in [-0.2, 0) is 0 Å². The van der Waals surface area contributed by atoms with Crippen LogP contribution in [0.1, 0.15) is 31.9 Å². The lowest BCUT2D eigenvalue weighted by Crippen LogP contribution is -2.06. The number of nitrogens with zero attached hydrogens (tertiary/aromatic N) is 2. The van der Waals surface area contributed by atoms with E-state index in [9.17, 15) is 0 Å². The second-order valence-electron chi connectivity index (χ2n) is 5.11. The van der Waals surface area contributed by atoms with Crippen molar-refractivity contribution >= 4 is 40.7 Å². The number of aryl methyl sites for hydroxylation is 1. The summed E-state index contributed by atoms with van der Waals surface area (Å²) in [5.41, 5.74) is 1.70. The molecule has 0 aliphatic carbocycles. The Morgan fingerprint density at radius 2 is 1.86 bits per heavy atom. The van der Waals surface area contributed by atoms with E-state index in [0.29, 0.717) is 16.0 Å². The van der Waals surface area contributed by atoms with Gasteiger partial charge >= 0.3 is 0 Å². The van der Waals surface area contributed by atoms with Crippen LogP contribution in [0, 0.1) is 6.92 Å². The maximum atomic E-state index is 6.02. The predicted molar refractivity (Wildman–Crippen MR) is 94.5 cm³/mol. The summed E-state index contributed by atoms with van der Waals surface area (Å²) in [6, 6.07) is 7.27. The SMILES string of the molecule is CCCCCNc1cc(C)nc(Nc2ccc(Cl)c(Cl)c2)n1. The smallest absolute Gasteiger partial charge is 0.229 e. The van der Waals surface area contributed by atoms with Gasteiger partial charge in [-0.1, -0.05) is 43.0 Å². The number of hydrogen-bond acceptors (Lipinski definition) is 4. The summed E-state index contributed by atoms with van der Waals surface area (Å²) in [7, 11) is 0. The van der Waals surface area contributed by atoms with Gasteiger partial charge < -0.3 is 10.6 Å². The summed E-state index contributed by atoms with van der Waals surface area (Å²) in [5, 5.41) is 7.50. The molecule has 118 valence electrons. The molecule has 4 nitrogen and oxygen atoms in total. The average molecular weight is 339 g/mol. The monoisotopic (exact) mass is 338 g/mol. The molecule has 0 aliphatic rings. The van der Waals surface area contributed by atoms with Gasteiger partial charge in [-0.25, -0.2) is 4.98 Å². The number of anilines is 3. The fraction of sp³-hybridized carbons (Fsp3) is 0.375. The van der Waals surface area contributed by atoms with E-state index in [1.807, 2.05) is 19.1 Å². The Bertz CT molecular complexity index is 632. The molecule has 0 aliphatic heterocycles. The van der Waals surface area contributed by atoms with Crippen molar-refractivity contribution in [2.24, 2.45) is 0 Å². The van der Waals surface area contributed by atoms with Crippen LogP contribution >= 0.6 is 23.2 Å². The molecule has 0 saturated heterocycles. The van der Waals surface area contributed by atoms with Crippen molar-refractivity contribution < 1.29 is 0 Å². The highest BCUT2D eigenvalue weighted by molar-refractivity contribution is 6.42. The van der Waals surface area contributed by atoms with Crippen molar-refractivity contribution in [2.45, 2.75) is 33.1 Å². The van der Waals surface area contributed by atoms with E-state index in [-0.39, 0.29) is 0 Å². The molecule has 0 fully saturated rings. The van der Waals surface area contributed by atoms with Gasteiger partial charge in [0.25, 0.3) is 0 Å². The Balaban J connectivity index is 2.06. The topological polar surface area (TPSA) is 49.8 Å². The van der Waals surface area contributed by atoms with Crippen molar-refractivity contribution in [1.29, 1.82) is 0 Å². The second kappa shape index (κ2) is 8.20. The van der Waals surface area contributed by atoms with Crippen molar-refractivity contribution in [3.05, 3.63) is 40.0 Å². The van der Waals surface area contributed by atoms with Crippen LogP contribution in [0.25, 0.3) is 0 Å². The molecule has 2 N–H and O–H groups in total. The normalized spacial score (nSPS) is 10.5. The number of nitrogens with one attached hydrogen (secondary N) is 2. The third kappa shape index (κ3) is 5.04. The van der Waals surface area contributed by atoms with Crippen molar-refractivity contribution in [1.82, 2.24) is 9.97 Å². The van der Waals surface area contributed by atoms with Crippen LogP contribution in [0.3, 0.4) is 0 Å². The highest BCUT2D eigenvalue weighted by Gasteiger charge is 2.04. The molecular weight excluding hydrogens is 319 g/mol. The van der Waals surface area contributed by atoms with Crippen LogP contribution in [0.4, 0.5) is 17.5 Å². The molecule has 0 unspecified atom stereocenters. The number of hydrogen-bond donors (Lipinski definition) is 2. The van der Waals surface area contributed by atoms with E-state index >= 15 is 0 Å². The van der Waals surface area contributed by atoms with E-state index in [1.54, 1.807) is 12.1 Å². The van der Waals surface area contributed by atoms with Crippen molar-refractivity contribution in [3.63, 3.8) is 0 Å². The number of halogens is 2. The fourth-order valence-electron chi connectivity index (χ4n) is 2.01. The Labute approximate surface area is 141 Å². The Morgan fingerprint density at radius 3 is 2.59 bits per heavy atom. The number of benzene rings is 1. The first-order chi connectivity index (χ1) is 10.6. The molecule has 1 heterocycles. The predicted octanol–water partition coefficient (Wildman–Crippen LogP) is 5.44. The summed E-state index contributed by atoms with van der Waals surface area (Å²) < 4.78 is 0. The van der Waals surface area contributed by atoms with E-state index in [4.69, 9.17) is 23.2 Å². The van der Waals surface area contributed by atoms with Gasteiger partial charge in [0, 0.05) is 24.0 Å². The van der Waals surface area contributed by atoms with Crippen LogP contribution < -0.4 is 10.6 Å². The van der Waals surface area contributed by atoms with E-state index in [2.05, 4.69) is 27.5 Å². The molecule has 6 heteroatoms. The molecule has 0 saturated carbocycles. The number of aromatic nitrogens is 2. The van der Waals surface area contributed by atoms with Gasteiger partial charge in [0.2, 0.25) is 5.95 Å². The molecule has 0 radical (unpaired) electrons. The van der Waals surface area contributed by atoms with Crippen molar-refractivity contribution in [3.8, 4) is 0 Å². The van der Waals surface area contributed by atoms with Crippen LogP contribution in [0.2, 0.25) is 10.0 Å². The Morgan fingerprint density at radius 1 is 1.05 bits per heavy atom. The summed E-state index contributed by atoms with van der Waals surface area (Å²) in [4.78, 5) is 8.86. The van der Waals surface area contributed by atoms with Gasteiger partial charge in [0.05, 0.1) is 10.0 Å². The molecule has 0 atom stereocenters. The quantitative estimate of drug-likeness (QED) is 0.660. The molecule has 0 amide bonds. The average Bonchev–Trinajstić information content (AvgIpc) is 2.47. The second-order valence-corrected chi connectivity index (χ2v) is 5.92. The zero-order chi connectivity index (χ0) is 15.9. The lowest BCUT2D eigenvalue weighted by atomic mass is 10.2. The molecule has 1 aromatic carbocycles. The van der Waals surface area contributed by atoms with Gasteiger partial charge in [-0.05, 0) is 31.5 Å². The first-order valence-corrected chi connectivity index (χ1v) is 8.15. The Kier molecular flexibility index (Phi) is 6.28. The molecule has 22 heavy (non-hydrogen) atoms. The summed E-state index contributed by atoms with van der Waals surface area (Å²) in [6.07, 6.45) is 3.55. The standard InChI is InChI=1S/C16H20Cl2N4/c1-3-4-5-8-19-15-9-11(2)20-16(22-15)21-12-6-7-13(17)14(18)10-12/h6-7,9-10H,3-5,8H2,1-2H3,(H2,19,20,21,22). The summed E-state index contributed by atoms with van der Waals surface area (Å²) >= 11 is 11.9. The third-order valence-corrected chi connectivity index (χ3v) is 3.86. The largest absolute Gasteiger partial charge is 0.370 e. The lowest BCUT2D eigenvalue weighted by molar-refractivity contribution is 0.742. The molecule has 1 aromatic heterocycles.